The molecule has 0 bridgehead atoms. The smallest absolute Gasteiger partial charge is 0.307 e. The van der Waals surface area contributed by atoms with E-state index in [-0.39, 0.29) is 12.3 Å². The van der Waals surface area contributed by atoms with E-state index in [1.54, 1.807) is 24.4 Å². The van der Waals surface area contributed by atoms with Gasteiger partial charge in [0.2, 0.25) is 0 Å². The highest BCUT2D eigenvalue weighted by molar-refractivity contribution is 9.10. The van der Waals surface area contributed by atoms with Crippen LogP contribution in [0.15, 0.2) is 53.1 Å². The lowest BCUT2D eigenvalue weighted by Crippen LogP contribution is -2.31. The van der Waals surface area contributed by atoms with Crippen molar-refractivity contribution in [1.82, 2.24) is 10.3 Å². The fraction of sp³-hybridized carbons (Fsp3) is 0.188. The number of ether oxygens (including phenoxy) is 1. The number of benzene rings is 1. The van der Waals surface area contributed by atoms with Crippen molar-refractivity contribution in [1.29, 1.82) is 0 Å². The minimum Gasteiger partial charge on any atom is -0.469 e. The van der Waals surface area contributed by atoms with Gasteiger partial charge < -0.3 is 10.1 Å². The maximum absolute atomic E-state index is 12.2. The molecular weight excluding hydrogens is 348 g/mol. The highest BCUT2D eigenvalue weighted by Crippen LogP contribution is 2.20. The van der Waals surface area contributed by atoms with Crippen LogP contribution in [0.3, 0.4) is 0 Å². The first-order valence-electron chi connectivity index (χ1n) is 6.64. The molecule has 114 valence electrons. The van der Waals surface area contributed by atoms with Gasteiger partial charge >= 0.3 is 5.97 Å². The second-order valence-electron chi connectivity index (χ2n) is 4.57. The number of pyridine rings is 1. The molecular formula is C16H15BrN2O3. The lowest BCUT2D eigenvalue weighted by molar-refractivity contribution is -0.141. The van der Waals surface area contributed by atoms with Crippen LogP contribution in [0.5, 0.6) is 0 Å². The molecule has 22 heavy (non-hydrogen) atoms. The molecule has 5 nitrogen and oxygen atoms in total. The topological polar surface area (TPSA) is 68.3 Å². The Morgan fingerprint density at radius 3 is 2.55 bits per heavy atom. The van der Waals surface area contributed by atoms with Crippen LogP contribution in [0.1, 0.15) is 28.5 Å². The van der Waals surface area contributed by atoms with E-state index in [1.165, 1.54) is 7.11 Å². The Balaban J connectivity index is 2.19. The quantitative estimate of drug-likeness (QED) is 0.830. The van der Waals surface area contributed by atoms with Crippen LogP contribution in [0, 0.1) is 0 Å². The number of halogens is 1. The van der Waals surface area contributed by atoms with E-state index in [0.29, 0.717) is 5.69 Å². The Bertz CT molecular complexity index is 644. The van der Waals surface area contributed by atoms with Gasteiger partial charge in [0, 0.05) is 10.7 Å². The van der Waals surface area contributed by atoms with E-state index < -0.39 is 12.0 Å². The number of hydrogen-bond acceptors (Lipinski definition) is 4. The summed E-state index contributed by atoms with van der Waals surface area (Å²) in [6.45, 7) is 0. The summed E-state index contributed by atoms with van der Waals surface area (Å²) in [6.07, 6.45) is 1.60. The first-order chi connectivity index (χ1) is 10.6. The summed E-state index contributed by atoms with van der Waals surface area (Å²) in [5.41, 5.74) is 1.12. The first kappa shape index (κ1) is 16.2. The highest BCUT2D eigenvalue weighted by Gasteiger charge is 2.20. The maximum atomic E-state index is 12.2. The molecule has 0 aliphatic carbocycles. The third kappa shape index (κ3) is 4.39. The number of carbonyl (C=O) groups is 2. The summed E-state index contributed by atoms with van der Waals surface area (Å²) in [5.74, 6) is -0.730. The van der Waals surface area contributed by atoms with Crippen molar-refractivity contribution in [3.8, 4) is 0 Å². The molecule has 1 aromatic carbocycles. The summed E-state index contributed by atoms with van der Waals surface area (Å²) in [6, 6.07) is 12.0. The normalized spacial score (nSPS) is 11.5. The number of methoxy groups -OCH3 is 1. The Kier molecular flexibility index (Phi) is 5.66. The summed E-state index contributed by atoms with van der Waals surface area (Å²) in [7, 11) is 1.32. The van der Waals surface area contributed by atoms with Crippen molar-refractivity contribution >= 4 is 27.8 Å². The highest BCUT2D eigenvalue weighted by atomic mass is 79.9. The van der Waals surface area contributed by atoms with Crippen LogP contribution in [0.2, 0.25) is 0 Å². The molecule has 1 N–H and O–H groups in total. The van der Waals surface area contributed by atoms with Gasteiger partial charge in [-0.05, 0) is 29.8 Å². The predicted octanol–water partition coefficient (Wildman–Crippen LogP) is 2.88. The Morgan fingerprint density at radius 1 is 1.23 bits per heavy atom. The van der Waals surface area contributed by atoms with Crippen molar-refractivity contribution in [2.75, 3.05) is 7.11 Å². The number of esters is 1. The monoisotopic (exact) mass is 362 g/mol. The Labute approximate surface area is 136 Å². The van der Waals surface area contributed by atoms with Gasteiger partial charge in [0.1, 0.15) is 5.69 Å². The summed E-state index contributed by atoms with van der Waals surface area (Å²) < 4.78 is 5.62. The van der Waals surface area contributed by atoms with Crippen LogP contribution in [0.25, 0.3) is 0 Å². The van der Waals surface area contributed by atoms with Crippen molar-refractivity contribution in [2.45, 2.75) is 12.5 Å². The van der Waals surface area contributed by atoms with Gasteiger partial charge in [0.15, 0.2) is 0 Å². The van der Waals surface area contributed by atoms with Crippen molar-refractivity contribution in [2.24, 2.45) is 0 Å². The van der Waals surface area contributed by atoms with Crippen LogP contribution in [-0.4, -0.2) is 24.0 Å². The van der Waals surface area contributed by atoms with E-state index >= 15 is 0 Å². The molecule has 1 aromatic heterocycles. The average molecular weight is 363 g/mol. The van der Waals surface area contributed by atoms with E-state index in [4.69, 9.17) is 4.74 Å². The minimum atomic E-state index is -0.477. The number of nitrogens with one attached hydrogen (secondary N) is 1. The summed E-state index contributed by atoms with van der Waals surface area (Å²) in [5, 5.41) is 2.82. The van der Waals surface area contributed by atoms with Crippen molar-refractivity contribution in [3.05, 3.63) is 64.4 Å². The fourth-order valence-electron chi connectivity index (χ4n) is 1.93. The molecule has 0 aliphatic heterocycles. The Morgan fingerprint density at radius 2 is 1.95 bits per heavy atom. The predicted molar refractivity (Wildman–Crippen MR) is 85.2 cm³/mol. The minimum absolute atomic E-state index is 0.0523. The lowest BCUT2D eigenvalue weighted by Gasteiger charge is -2.18. The SMILES string of the molecule is COC(=O)CC(NC(=O)c1ccccn1)c1ccc(Br)cc1. The van der Waals surface area contributed by atoms with Crippen LogP contribution >= 0.6 is 15.9 Å². The van der Waals surface area contributed by atoms with Gasteiger partial charge in [0.25, 0.3) is 5.91 Å². The third-order valence-corrected chi connectivity index (χ3v) is 3.60. The van der Waals surface area contributed by atoms with E-state index in [0.717, 1.165) is 10.0 Å². The number of hydrogen-bond donors (Lipinski definition) is 1. The molecule has 0 saturated heterocycles. The lowest BCUT2D eigenvalue weighted by atomic mass is 10.0. The molecule has 0 radical (unpaired) electrons. The van der Waals surface area contributed by atoms with E-state index in [9.17, 15) is 9.59 Å². The van der Waals surface area contributed by atoms with Crippen molar-refractivity contribution in [3.63, 3.8) is 0 Å². The van der Waals surface area contributed by atoms with Gasteiger partial charge in [0.05, 0.1) is 19.6 Å². The molecule has 1 heterocycles. The molecule has 0 fully saturated rings. The van der Waals surface area contributed by atoms with Gasteiger partial charge in [-0.1, -0.05) is 34.1 Å². The zero-order valence-electron chi connectivity index (χ0n) is 12.0. The largest absolute Gasteiger partial charge is 0.469 e. The number of carbonyl (C=O) groups excluding carboxylic acids is 2. The van der Waals surface area contributed by atoms with Crippen LogP contribution in [0.4, 0.5) is 0 Å². The average Bonchev–Trinajstić information content (AvgIpc) is 2.55. The van der Waals surface area contributed by atoms with Crippen LogP contribution in [-0.2, 0) is 9.53 Å². The number of rotatable bonds is 5. The molecule has 6 heteroatoms. The second-order valence-corrected chi connectivity index (χ2v) is 5.49. The Hall–Kier alpha value is -2.21. The van der Waals surface area contributed by atoms with Crippen molar-refractivity contribution < 1.29 is 14.3 Å². The molecule has 1 atom stereocenters. The number of nitrogens with zero attached hydrogens (tertiary/aromatic N) is 1. The summed E-state index contributed by atoms with van der Waals surface area (Å²) in [4.78, 5) is 27.8. The molecule has 2 rings (SSSR count). The zero-order chi connectivity index (χ0) is 15.9. The molecule has 1 unspecified atom stereocenters. The molecule has 0 spiro atoms. The van der Waals surface area contributed by atoms with E-state index in [2.05, 4.69) is 26.2 Å². The molecule has 1 amide bonds. The molecule has 0 saturated carbocycles. The van der Waals surface area contributed by atoms with Gasteiger partial charge in [-0.15, -0.1) is 0 Å². The summed E-state index contributed by atoms with van der Waals surface area (Å²) >= 11 is 3.36. The fourth-order valence-corrected chi connectivity index (χ4v) is 2.19. The standard InChI is InChI=1S/C16H15BrN2O3/c1-22-15(20)10-14(11-5-7-12(17)8-6-11)19-16(21)13-4-2-3-9-18-13/h2-9,14H,10H2,1H3,(H,19,21). The van der Waals surface area contributed by atoms with Gasteiger partial charge in [-0.2, -0.15) is 0 Å². The zero-order valence-corrected chi connectivity index (χ0v) is 13.5. The van der Waals surface area contributed by atoms with Gasteiger partial charge in [-0.25, -0.2) is 0 Å². The maximum Gasteiger partial charge on any atom is 0.307 e. The van der Waals surface area contributed by atoms with Gasteiger partial charge in [-0.3, -0.25) is 14.6 Å². The molecule has 2 aromatic rings. The number of amides is 1. The van der Waals surface area contributed by atoms with Crippen LogP contribution < -0.4 is 5.32 Å². The second kappa shape index (κ2) is 7.70. The first-order valence-corrected chi connectivity index (χ1v) is 7.43. The number of aromatic nitrogens is 1. The third-order valence-electron chi connectivity index (χ3n) is 3.07. The molecule has 0 aliphatic rings. The van der Waals surface area contributed by atoms with E-state index in [1.807, 2.05) is 24.3 Å².